The normalized spacial score (nSPS) is 11.1. The van der Waals surface area contributed by atoms with Crippen LogP contribution in [-0.4, -0.2) is 22.0 Å². The first-order valence-electron chi connectivity index (χ1n) is 6.37. The molecule has 0 radical (unpaired) electrons. The molecule has 0 saturated carbocycles. The summed E-state index contributed by atoms with van der Waals surface area (Å²) in [5.74, 6) is 0.831. The van der Waals surface area contributed by atoms with E-state index >= 15 is 0 Å². The van der Waals surface area contributed by atoms with Crippen LogP contribution in [0.25, 0.3) is 0 Å². The Morgan fingerprint density at radius 2 is 2.13 bits per heavy atom. The minimum absolute atomic E-state index is 0.0876. The van der Waals surface area contributed by atoms with Crippen molar-refractivity contribution in [3.8, 4) is 0 Å². The summed E-state index contributed by atoms with van der Waals surface area (Å²) in [5, 5.41) is 5.91. The first kappa shape index (κ1) is 17.6. The zero-order valence-electron chi connectivity index (χ0n) is 11.7. The van der Waals surface area contributed by atoms with Gasteiger partial charge in [-0.15, -0.1) is 6.58 Å². The summed E-state index contributed by atoms with van der Waals surface area (Å²) in [7, 11) is 0. The van der Waals surface area contributed by atoms with Gasteiger partial charge in [0.25, 0.3) is 0 Å². The molecule has 2 N–H and O–H groups in total. The van der Waals surface area contributed by atoms with Crippen LogP contribution in [0.2, 0.25) is 0 Å². The molecule has 1 aromatic heterocycles. The van der Waals surface area contributed by atoms with Crippen LogP contribution in [0.4, 0.5) is 30.6 Å². The summed E-state index contributed by atoms with van der Waals surface area (Å²) in [5.41, 5.74) is -3.86. The molecule has 0 aliphatic rings. The molecule has 23 heavy (non-hydrogen) atoms. The van der Waals surface area contributed by atoms with E-state index in [1.54, 1.807) is 18.3 Å². The molecule has 0 amide bonds. The standard InChI is InChI=1S/C14H12BrF3N4S/c1-2-6-19-12-11(15)8-20-13(22-12)21-9-4-3-5-10(7-9)23-14(16,17)18/h2-5,7-8H,1,6H2,(H2,19,20,21,22). The van der Waals surface area contributed by atoms with Crippen LogP contribution in [0.1, 0.15) is 0 Å². The highest BCUT2D eigenvalue weighted by atomic mass is 79.9. The molecule has 4 nitrogen and oxygen atoms in total. The van der Waals surface area contributed by atoms with Crippen molar-refractivity contribution in [2.75, 3.05) is 17.2 Å². The molecule has 1 heterocycles. The van der Waals surface area contributed by atoms with Crippen LogP contribution in [0.5, 0.6) is 0 Å². The third kappa shape index (κ3) is 5.76. The van der Waals surface area contributed by atoms with Crippen LogP contribution in [0.3, 0.4) is 0 Å². The summed E-state index contributed by atoms with van der Waals surface area (Å²) in [4.78, 5) is 8.42. The van der Waals surface area contributed by atoms with Gasteiger partial charge in [0.15, 0.2) is 0 Å². The second kappa shape index (κ2) is 7.69. The van der Waals surface area contributed by atoms with Crippen LogP contribution in [0, 0.1) is 0 Å². The second-order valence-corrected chi connectivity index (χ2v) is 6.25. The Hall–Kier alpha value is -1.74. The molecule has 0 aliphatic heterocycles. The van der Waals surface area contributed by atoms with Crippen molar-refractivity contribution >= 4 is 45.1 Å². The average Bonchev–Trinajstić information content (AvgIpc) is 2.46. The van der Waals surface area contributed by atoms with Gasteiger partial charge in [0.2, 0.25) is 5.95 Å². The van der Waals surface area contributed by atoms with E-state index < -0.39 is 5.51 Å². The van der Waals surface area contributed by atoms with Crippen molar-refractivity contribution in [3.05, 3.63) is 47.6 Å². The van der Waals surface area contributed by atoms with Gasteiger partial charge in [-0.2, -0.15) is 18.2 Å². The van der Waals surface area contributed by atoms with E-state index in [9.17, 15) is 13.2 Å². The monoisotopic (exact) mass is 404 g/mol. The Balaban J connectivity index is 2.15. The predicted molar refractivity (Wildman–Crippen MR) is 90.1 cm³/mol. The van der Waals surface area contributed by atoms with Crippen molar-refractivity contribution in [2.45, 2.75) is 10.4 Å². The number of hydrogen-bond acceptors (Lipinski definition) is 5. The molecular formula is C14H12BrF3N4S. The third-order valence-corrected chi connectivity index (χ3v) is 3.78. The van der Waals surface area contributed by atoms with E-state index in [-0.39, 0.29) is 22.6 Å². The first-order valence-corrected chi connectivity index (χ1v) is 7.98. The van der Waals surface area contributed by atoms with E-state index in [1.807, 2.05) is 0 Å². The Morgan fingerprint density at radius 3 is 2.83 bits per heavy atom. The number of anilines is 3. The van der Waals surface area contributed by atoms with Crippen LogP contribution < -0.4 is 10.6 Å². The zero-order valence-corrected chi connectivity index (χ0v) is 14.1. The van der Waals surface area contributed by atoms with Crippen molar-refractivity contribution in [1.82, 2.24) is 9.97 Å². The minimum atomic E-state index is -4.32. The van der Waals surface area contributed by atoms with Gasteiger partial charge in [-0.25, -0.2) is 4.98 Å². The van der Waals surface area contributed by atoms with Gasteiger partial charge < -0.3 is 10.6 Å². The van der Waals surface area contributed by atoms with Gasteiger partial charge in [0.1, 0.15) is 5.82 Å². The fourth-order valence-corrected chi connectivity index (χ4v) is 2.55. The summed E-state index contributed by atoms with van der Waals surface area (Å²) < 4.78 is 37.9. The molecule has 1 aromatic carbocycles. The SMILES string of the molecule is C=CCNc1nc(Nc2cccc(SC(F)(F)F)c2)ncc1Br. The van der Waals surface area contributed by atoms with Crippen LogP contribution in [-0.2, 0) is 0 Å². The molecule has 122 valence electrons. The third-order valence-electron chi connectivity index (χ3n) is 2.48. The van der Waals surface area contributed by atoms with E-state index in [4.69, 9.17) is 0 Å². The topological polar surface area (TPSA) is 49.8 Å². The number of thioether (sulfide) groups is 1. The Kier molecular flexibility index (Phi) is 5.89. The number of halogens is 4. The summed E-state index contributed by atoms with van der Waals surface area (Å²) in [6.07, 6.45) is 3.23. The van der Waals surface area contributed by atoms with Crippen LogP contribution in [0.15, 0.2) is 52.5 Å². The largest absolute Gasteiger partial charge is 0.446 e. The highest BCUT2D eigenvalue weighted by molar-refractivity contribution is 9.10. The smallest absolute Gasteiger partial charge is 0.366 e. The zero-order chi connectivity index (χ0) is 16.9. The van der Waals surface area contributed by atoms with E-state index in [0.29, 0.717) is 22.5 Å². The van der Waals surface area contributed by atoms with Crippen LogP contribution >= 0.6 is 27.7 Å². The molecule has 0 fully saturated rings. The lowest BCUT2D eigenvalue weighted by atomic mass is 10.3. The number of nitrogens with zero attached hydrogens (tertiary/aromatic N) is 2. The maximum absolute atomic E-state index is 12.4. The van der Waals surface area contributed by atoms with Gasteiger partial charge in [-0.3, -0.25) is 0 Å². The second-order valence-electron chi connectivity index (χ2n) is 4.26. The van der Waals surface area contributed by atoms with Crippen molar-refractivity contribution in [2.24, 2.45) is 0 Å². The predicted octanol–water partition coefficient (Wildman–Crippen LogP) is 5.19. The fourth-order valence-electron chi connectivity index (χ4n) is 1.62. The molecule has 2 aromatic rings. The first-order chi connectivity index (χ1) is 10.9. The molecule has 0 bridgehead atoms. The molecule has 0 aliphatic carbocycles. The number of nitrogens with one attached hydrogen (secondary N) is 2. The Labute approximate surface area is 143 Å². The molecule has 0 saturated heterocycles. The number of alkyl halides is 3. The van der Waals surface area contributed by atoms with Gasteiger partial charge in [-0.05, 0) is 45.9 Å². The molecule has 0 unspecified atom stereocenters. The Bertz CT molecular complexity index is 694. The lowest BCUT2D eigenvalue weighted by Crippen LogP contribution is -2.05. The van der Waals surface area contributed by atoms with Gasteiger partial charge >= 0.3 is 5.51 Å². The quantitative estimate of drug-likeness (QED) is 0.512. The molecule has 9 heteroatoms. The fraction of sp³-hybridized carbons (Fsp3) is 0.143. The lowest BCUT2D eigenvalue weighted by molar-refractivity contribution is -0.0328. The minimum Gasteiger partial charge on any atom is -0.366 e. The number of aromatic nitrogens is 2. The van der Waals surface area contributed by atoms with E-state index in [0.717, 1.165) is 0 Å². The highest BCUT2D eigenvalue weighted by Crippen LogP contribution is 2.37. The summed E-state index contributed by atoms with van der Waals surface area (Å²) in [6, 6.07) is 5.96. The summed E-state index contributed by atoms with van der Waals surface area (Å²) in [6.45, 7) is 4.12. The number of benzene rings is 1. The van der Waals surface area contributed by atoms with Crippen molar-refractivity contribution < 1.29 is 13.2 Å². The molecule has 0 spiro atoms. The lowest BCUT2D eigenvalue weighted by Gasteiger charge is -2.10. The van der Waals surface area contributed by atoms with Crippen molar-refractivity contribution in [3.63, 3.8) is 0 Å². The number of hydrogen-bond donors (Lipinski definition) is 2. The highest BCUT2D eigenvalue weighted by Gasteiger charge is 2.29. The van der Waals surface area contributed by atoms with E-state index in [2.05, 4.69) is 43.1 Å². The van der Waals surface area contributed by atoms with E-state index in [1.165, 1.54) is 18.2 Å². The van der Waals surface area contributed by atoms with Gasteiger partial charge in [0, 0.05) is 23.3 Å². The average molecular weight is 405 g/mol. The molecular weight excluding hydrogens is 393 g/mol. The van der Waals surface area contributed by atoms with Crippen molar-refractivity contribution in [1.29, 1.82) is 0 Å². The Morgan fingerprint density at radius 1 is 1.35 bits per heavy atom. The molecule has 0 atom stereocenters. The van der Waals surface area contributed by atoms with Gasteiger partial charge in [-0.1, -0.05) is 12.1 Å². The molecule has 2 rings (SSSR count). The van der Waals surface area contributed by atoms with Gasteiger partial charge in [0.05, 0.1) is 4.47 Å². The maximum Gasteiger partial charge on any atom is 0.446 e. The maximum atomic E-state index is 12.4. The number of rotatable bonds is 6. The summed E-state index contributed by atoms with van der Waals surface area (Å²) >= 11 is 3.14.